The summed E-state index contributed by atoms with van der Waals surface area (Å²) in [6, 6.07) is 34.0. The maximum absolute atomic E-state index is 13.9. The second kappa shape index (κ2) is 10.5. The lowest BCUT2D eigenvalue weighted by atomic mass is 9.78. The molecule has 1 heterocycles. The van der Waals surface area contributed by atoms with Gasteiger partial charge in [-0.25, -0.2) is 0 Å². The number of rotatable bonds is 6. The first-order valence-corrected chi connectivity index (χ1v) is 13.0. The van der Waals surface area contributed by atoms with Gasteiger partial charge in [0.15, 0.2) is 5.78 Å². The lowest BCUT2D eigenvalue weighted by Gasteiger charge is -2.30. The van der Waals surface area contributed by atoms with Crippen LogP contribution in [-0.2, 0) is 11.4 Å². The molecular formula is C33H30N2O3. The number of hydrogen-bond acceptors (Lipinski definition) is 5. The summed E-state index contributed by atoms with van der Waals surface area (Å²) in [5.74, 6) is 1.77. The first-order valence-electron chi connectivity index (χ1n) is 13.0. The minimum atomic E-state index is -0.299. The molecule has 0 bridgehead atoms. The zero-order valence-corrected chi connectivity index (χ0v) is 21.3. The van der Waals surface area contributed by atoms with Gasteiger partial charge in [0, 0.05) is 23.6 Å². The van der Waals surface area contributed by atoms with Crippen molar-refractivity contribution in [2.24, 2.45) is 0 Å². The van der Waals surface area contributed by atoms with Crippen LogP contribution in [0.15, 0.2) is 114 Å². The number of ketones is 1. The summed E-state index contributed by atoms with van der Waals surface area (Å²) < 4.78 is 11.8. The molecule has 5 nitrogen and oxygen atoms in total. The zero-order chi connectivity index (χ0) is 25.9. The monoisotopic (exact) mass is 502 g/mol. The van der Waals surface area contributed by atoms with Gasteiger partial charge >= 0.3 is 0 Å². The molecule has 2 N–H and O–H groups in total. The quantitative estimate of drug-likeness (QED) is 0.291. The molecule has 6 rings (SSSR count). The number of ether oxygens (including phenoxy) is 2. The molecule has 0 saturated heterocycles. The van der Waals surface area contributed by atoms with Crippen molar-refractivity contribution in [3.63, 3.8) is 0 Å². The van der Waals surface area contributed by atoms with Crippen molar-refractivity contribution in [2.45, 2.75) is 31.4 Å². The van der Waals surface area contributed by atoms with E-state index in [0.29, 0.717) is 13.0 Å². The largest absolute Gasteiger partial charge is 0.496 e. The van der Waals surface area contributed by atoms with Crippen LogP contribution in [0.4, 0.5) is 11.4 Å². The maximum atomic E-state index is 13.9. The number of nitrogens with one attached hydrogen (secondary N) is 2. The van der Waals surface area contributed by atoms with E-state index in [1.54, 1.807) is 7.11 Å². The van der Waals surface area contributed by atoms with E-state index in [0.717, 1.165) is 57.3 Å². The minimum Gasteiger partial charge on any atom is -0.496 e. The van der Waals surface area contributed by atoms with E-state index in [2.05, 4.69) is 34.9 Å². The second-order valence-electron chi connectivity index (χ2n) is 9.76. The summed E-state index contributed by atoms with van der Waals surface area (Å²) in [4.78, 5) is 13.9. The Bertz CT molecular complexity index is 1500. The third-order valence-electron chi connectivity index (χ3n) is 7.33. The van der Waals surface area contributed by atoms with Gasteiger partial charge < -0.3 is 20.1 Å². The van der Waals surface area contributed by atoms with Crippen molar-refractivity contribution in [3.05, 3.63) is 131 Å². The van der Waals surface area contributed by atoms with Gasteiger partial charge in [-0.05, 0) is 53.4 Å². The average Bonchev–Trinajstić information content (AvgIpc) is 3.14. The molecule has 5 heteroatoms. The average molecular weight is 503 g/mol. The molecule has 4 aromatic carbocycles. The maximum Gasteiger partial charge on any atom is 0.163 e. The van der Waals surface area contributed by atoms with E-state index in [4.69, 9.17) is 9.47 Å². The Labute approximate surface area is 223 Å². The van der Waals surface area contributed by atoms with Crippen LogP contribution in [0.1, 0.15) is 41.5 Å². The molecule has 38 heavy (non-hydrogen) atoms. The Morgan fingerprint density at radius 3 is 2.42 bits per heavy atom. The molecule has 0 fully saturated rings. The van der Waals surface area contributed by atoms with Gasteiger partial charge in [0.05, 0.1) is 24.5 Å². The smallest absolute Gasteiger partial charge is 0.163 e. The highest BCUT2D eigenvalue weighted by molar-refractivity contribution is 6.01. The molecule has 2 aliphatic rings. The van der Waals surface area contributed by atoms with Crippen molar-refractivity contribution < 1.29 is 14.3 Å². The van der Waals surface area contributed by atoms with Crippen LogP contribution < -0.4 is 20.1 Å². The highest BCUT2D eigenvalue weighted by atomic mass is 16.5. The normalized spacial score (nSPS) is 18.4. The van der Waals surface area contributed by atoms with Crippen LogP contribution in [-0.4, -0.2) is 12.9 Å². The van der Waals surface area contributed by atoms with E-state index in [-0.39, 0.29) is 17.7 Å². The fraction of sp³-hybridized carbons (Fsp3) is 0.182. The van der Waals surface area contributed by atoms with Crippen LogP contribution in [0, 0.1) is 0 Å². The second-order valence-corrected chi connectivity index (χ2v) is 9.76. The van der Waals surface area contributed by atoms with Crippen LogP contribution in [0.3, 0.4) is 0 Å². The number of benzene rings is 4. The van der Waals surface area contributed by atoms with Crippen LogP contribution in [0.5, 0.6) is 11.5 Å². The van der Waals surface area contributed by atoms with E-state index in [1.165, 1.54) is 0 Å². The number of Topliss-reactive ketones (excluding diaryl/α,β-unsaturated/α-hetero) is 1. The van der Waals surface area contributed by atoms with Crippen molar-refractivity contribution >= 4 is 17.2 Å². The topological polar surface area (TPSA) is 59.6 Å². The number of carbonyl (C=O) groups excluding carboxylic acids is 1. The molecule has 0 radical (unpaired) electrons. The lowest BCUT2D eigenvalue weighted by molar-refractivity contribution is -0.116. The van der Waals surface area contributed by atoms with Crippen molar-refractivity contribution in [1.82, 2.24) is 0 Å². The molecule has 190 valence electrons. The van der Waals surface area contributed by atoms with Crippen LogP contribution in [0.25, 0.3) is 0 Å². The molecule has 0 saturated carbocycles. The summed E-state index contributed by atoms with van der Waals surface area (Å²) in [6.07, 6.45) is 1.15. The number of methoxy groups -OCH3 is 1. The summed E-state index contributed by atoms with van der Waals surface area (Å²) in [5, 5.41) is 7.28. The van der Waals surface area contributed by atoms with E-state index in [1.807, 2.05) is 78.9 Å². The number of allylic oxidation sites excluding steroid dienone is 1. The van der Waals surface area contributed by atoms with Gasteiger partial charge in [0.2, 0.25) is 0 Å². The first-order chi connectivity index (χ1) is 18.7. The molecule has 0 spiro atoms. The van der Waals surface area contributed by atoms with Crippen LogP contribution in [0.2, 0.25) is 0 Å². The zero-order valence-electron chi connectivity index (χ0n) is 21.3. The summed E-state index contributed by atoms with van der Waals surface area (Å²) >= 11 is 0. The Hall–Kier alpha value is -4.51. The Balaban J connectivity index is 1.37. The summed E-state index contributed by atoms with van der Waals surface area (Å²) in [7, 11) is 1.68. The summed E-state index contributed by atoms with van der Waals surface area (Å²) in [5.41, 5.74) is 6.83. The third kappa shape index (κ3) is 4.75. The Morgan fingerprint density at radius 2 is 1.58 bits per heavy atom. The number of para-hydroxylation sites is 3. The fourth-order valence-corrected chi connectivity index (χ4v) is 5.49. The van der Waals surface area contributed by atoms with E-state index >= 15 is 0 Å². The number of fused-ring (bicyclic) bond motifs is 1. The SMILES string of the molecule is COc1ccccc1C1CC(=O)C2=C(C1)Nc1ccccc1NC2c1cccc(OCc2ccccc2)c1. The number of hydrogen-bond donors (Lipinski definition) is 2. The third-order valence-corrected chi connectivity index (χ3v) is 7.33. The highest BCUT2D eigenvalue weighted by Gasteiger charge is 2.36. The molecular weight excluding hydrogens is 472 g/mol. The van der Waals surface area contributed by atoms with Gasteiger partial charge in [0.1, 0.15) is 18.1 Å². The predicted octanol–water partition coefficient (Wildman–Crippen LogP) is 7.25. The standard InChI is InChI=1S/C33H30N2O3/c1-37-31-17-8-5-14-26(31)24-19-29-32(30(36)20-24)33(35-28-16-7-6-15-27(28)34-29)23-12-9-13-25(18-23)38-21-22-10-3-2-4-11-22/h2-18,24,33-35H,19-21H2,1H3. The van der Waals surface area contributed by atoms with Crippen molar-refractivity contribution in [3.8, 4) is 11.5 Å². The highest BCUT2D eigenvalue weighted by Crippen LogP contribution is 2.45. The van der Waals surface area contributed by atoms with E-state index < -0.39 is 0 Å². The number of anilines is 2. The first kappa shape index (κ1) is 23.9. The lowest BCUT2D eigenvalue weighted by Crippen LogP contribution is -2.27. The van der Waals surface area contributed by atoms with E-state index in [9.17, 15) is 4.79 Å². The Morgan fingerprint density at radius 1 is 0.816 bits per heavy atom. The summed E-state index contributed by atoms with van der Waals surface area (Å²) in [6.45, 7) is 0.486. The molecule has 1 aliphatic heterocycles. The van der Waals surface area contributed by atoms with Gasteiger partial charge in [-0.2, -0.15) is 0 Å². The van der Waals surface area contributed by atoms with Gasteiger partial charge in [-0.1, -0.05) is 72.8 Å². The van der Waals surface area contributed by atoms with Gasteiger partial charge in [-0.15, -0.1) is 0 Å². The molecule has 2 atom stereocenters. The molecule has 0 amide bonds. The molecule has 4 aromatic rings. The molecule has 0 aromatic heterocycles. The van der Waals surface area contributed by atoms with Crippen molar-refractivity contribution in [2.75, 3.05) is 17.7 Å². The molecule has 2 unspecified atom stereocenters. The molecule has 1 aliphatic carbocycles. The minimum absolute atomic E-state index is 0.0383. The Kier molecular flexibility index (Phi) is 6.57. The number of carbonyl (C=O) groups is 1. The fourth-order valence-electron chi connectivity index (χ4n) is 5.49. The van der Waals surface area contributed by atoms with Crippen LogP contribution >= 0.6 is 0 Å². The van der Waals surface area contributed by atoms with Crippen molar-refractivity contribution in [1.29, 1.82) is 0 Å². The van der Waals surface area contributed by atoms with Gasteiger partial charge in [0.25, 0.3) is 0 Å². The predicted molar refractivity (Wildman–Crippen MR) is 151 cm³/mol. The van der Waals surface area contributed by atoms with Gasteiger partial charge in [-0.3, -0.25) is 4.79 Å².